The lowest BCUT2D eigenvalue weighted by Gasteiger charge is -2.09. The van der Waals surface area contributed by atoms with Gasteiger partial charge in [0.25, 0.3) is 0 Å². The standard InChI is InChI=1S/C14H18BrClN4/c1-4-7-17-8-12-11(16)5-6-13(18-12)20-10(3)14(15)9(2)19-20/h5-6,17H,4,7-8H2,1-3H3. The van der Waals surface area contributed by atoms with E-state index in [1.807, 2.05) is 30.7 Å². The molecule has 0 aliphatic carbocycles. The Labute approximate surface area is 132 Å². The quantitative estimate of drug-likeness (QED) is 0.828. The van der Waals surface area contributed by atoms with E-state index in [1.165, 1.54) is 0 Å². The second-order valence-electron chi connectivity index (χ2n) is 4.67. The van der Waals surface area contributed by atoms with Crippen molar-refractivity contribution in [2.24, 2.45) is 0 Å². The molecule has 2 heterocycles. The van der Waals surface area contributed by atoms with Crippen LogP contribution in [0, 0.1) is 13.8 Å². The summed E-state index contributed by atoms with van der Waals surface area (Å²) >= 11 is 9.73. The van der Waals surface area contributed by atoms with E-state index in [-0.39, 0.29) is 0 Å². The summed E-state index contributed by atoms with van der Waals surface area (Å²) in [6.07, 6.45) is 1.09. The summed E-state index contributed by atoms with van der Waals surface area (Å²) in [6, 6.07) is 3.76. The molecule has 0 atom stereocenters. The Bertz CT molecular complexity index is 609. The zero-order valence-electron chi connectivity index (χ0n) is 11.9. The third kappa shape index (κ3) is 3.22. The number of aromatic nitrogens is 3. The number of halogens is 2. The van der Waals surface area contributed by atoms with Crippen molar-refractivity contribution in [3.05, 3.63) is 38.7 Å². The average molecular weight is 358 g/mol. The lowest BCUT2D eigenvalue weighted by atomic mass is 10.3. The molecule has 1 N–H and O–H groups in total. The monoisotopic (exact) mass is 356 g/mol. The maximum absolute atomic E-state index is 6.20. The van der Waals surface area contributed by atoms with E-state index in [0.717, 1.165) is 40.3 Å². The maximum Gasteiger partial charge on any atom is 0.154 e. The summed E-state index contributed by atoms with van der Waals surface area (Å²) in [5.74, 6) is 0.786. The smallest absolute Gasteiger partial charge is 0.154 e. The number of aryl methyl sites for hydroxylation is 1. The first kappa shape index (κ1) is 15.5. The zero-order chi connectivity index (χ0) is 14.7. The normalized spacial score (nSPS) is 11.1. The molecule has 0 aromatic carbocycles. The van der Waals surface area contributed by atoms with E-state index in [0.29, 0.717) is 11.6 Å². The molecule has 0 amide bonds. The predicted molar refractivity (Wildman–Crippen MR) is 85.5 cm³/mol. The van der Waals surface area contributed by atoms with E-state index in [4.69, 9.17) is 11.6 Å². The lowest BCUT2D eigenvalue weighted by Crippen LogP contribution is -2.16. The van der Waals surface area contributed by atoms with E-state index < -0.39 is 0 Å². The fourth-order valence-corrected chi connectivity index (χ4v) is 2.36. The van der Waals surface area contributed by atoms with Crippen LogP contribution in [-0.2, 0) is 6.54 Å². The van der Waals surface area contributed by atoms with Gasteiger partial charge in [-0.2, -0.15) is 5.10 Å². The summed E-state index contributed by atoms with van der Waals surface area (Å²) in [7, 11) is 0. The summed E-state index contributed by atoms with van der Waals surface area (Å²) < 4.78 is 2.85. The SMILES string of the molecule is CCCNCc1nc(-n2nc(C)c(Br)c2C)ccc1Cl. The van der Waals surface area contributed by atoms with E-state index >= 15 is 0 Å². The molecule has 0 bridgehead atoms. The predicted octanol–water partition coefficient (Wildman–Crippen LogP) is 3.80. The van der Waals surface area contributed by atoms with Crippen LogP contribution in [0.4, 0.5) is 0 Å². The van der Waals surface area contributed by atoms with Crippen LogP contribution in [-0.4, -0.2) is 21.3 Å². The molecule has 0 aliphatic rings. The Kier molecular flexibility index (Phi) is 5.18. The number of pyridine rings is 1. The topological polar surface area (TPSA) is 42.7 Å². The molecule has 0 unspecified atom stereocenters. The van der Waals surface area contributed by atoms with Gasteiger partial charge in [0.2, 0.25) is 0 Å². The van der Waals surface area contributed by atoms with Gasteiger partial charge >= 0.3 is 0 Å². The molecule has 2 aromatic heterocycles. The lowest BCUT2D eigenvalue weighted by molar-refractivity contribution is 0.660. The van der Waals surface area contributed by atoms with Gasteiger partial charge in [-0.15, -0.1) is 0 Å². The van der Waals surface area contributed by atoms with Crippen molar-refractivity contribution in [3.8, 4) is 5.82 Å². The van der Waals surface area contributed by atoms with Gasteiger partial charge in [0.15, 0.2) is 5.82 Å². The highest BCUT2D eigenvalue weighted by atomic mass is 79.9. The highest BCUT2D eigenvalue weighted by molar-refractivity contribution is 9.10. The number of nitrogens with one attached hydrogen (secondary N) is 1. The van der Waals surface area contributed by atoms with Crippen LogP contribution < -0.4 is 5.32 Å². The van der Waals surface area contributed by atoms with Crippen molar-refractivity contribution in [2.75, 3.05) is 6.54 Å². The van der Waals surface area contributed by atoms with Crippen molar-refractivity contribution in [1.29, 1.82) is 0 Å². The summed E-state index contributed by atoms with van der Waals surface area (Å²) in [5.41, 5.74) is 2.83. The molecular weight excluding hydrogens is 340 g/mol. The first-order chi connectivity index (χ1) is 9.54. The Morgan fingerprint density at radius 1 is 1.35 bits per heavy atom. The molecule has 0 saturated heterocycles. The van der Waals surface area contributed by atoms with Gasteiger partial charge in [0, 0.05) is 6.54 Å². The van der Waals surface area contributed by atoms with Gasteiger partial charge in [-0.25, -0.2) is 9.67 Å². The molecule has 0 fully saturated rings. The second-order valence-corrected chi connectivity index (χ2v) is 5.87. The van der Waals surface area contributed by atoms with E-state index in [9.17, 15) is 0 Å². The summed E-state index contributed by atoms with van der Waals surface area (Å²) in [4.78, 5) is 4.61. The summed E-state index contributed by atoms with van der Waals surface area (Å²) in [6.45, 7) is 7.73. The van der Waals surface area contributed by atoms with Gasteiger partial charge in [0.05, 0.1) is 26.6 Å². The molecule has 0 radical (unpaired) electrons. The Morgan fingerprint density at radius 2 is 2.10 bits per heavy atom. The van der Waals surface area contributed by atoms with Gasteiger partial charge in [0.1, 0.15) is 0 Å². The van der Waals surface area contributed by atoms with Crippen molar-refractivity contribution in [1.82, 2.24) is 20.1 Å². The third-order valence-electron chi connectivity index (χ3n) is 3.04. The van der Waals surface area contributed by atoms with Crippen molar-refractivity contribution >= 4 is 27.5 Å². The number of hydrogen-bond acceptors (Lipinski definition) is 3. The fourth-order valence-electron chi connectivity index (χ4n) is 1.95. The Hall–Kier alpha value is -0.910. The minimum absolute atomic E-state index is 0.668. The fraction of sp³-hybridized carbons (Fsp3) is 0.429. The number of rotatable bonds is 5. The maximum atomic E-state index is 6.20. The van der Waals surface area contributed by atoms with Crippen LogP contribution in [0.1, 0.15) is 30.4 Å². The second kappa shape index (κ2) is 6.70. The molecule has 6 heteroatoms. The molecular formula is C14H18BrClN4. The number of hydrogen-bond donors (Lipinski definition) is 1. The minimum atomic E-state index is 0.668. The van der Waals surface area contributed by atoms with E-state index in [1.54, 1.807) is 0 Å². The van der Waals surface area contributed by atoms with Crippen molar-refractivity contribution in [3.63, 3.8) is 0 Å². The van der Waals surface area contributed by atoms with Crippen LogP contribution in [0.25, 0.3) is 5.82 Å². The van der Waals surface area contributed by atoms with Gasteiger partial charge in [-0.05, 0) is 54.9 Å². The highest BCUT2D eigenvalue weighted by Gasteiger charge is 2.12. The molecule has 4 nitrogen and oxygen atoms in total. The largest absolute Gasteiger partial charge is 0.311 e. The van der Waals surface area contributed by atoms with Crippen LogP contribution >= 0.6 is 27.5 Å². The van der Waals surface area contributed by atoms with Crippen LogP contribution in [0.5, 0.6) is 0 Å². The molecule has 0 aliphatic heterocycles. The Morgan fingerprint density at radius 3 is 2.70 bits per heavy atom. The molecule has 0 spiro atoms. The van der Waals surface area contributed by atoms with Gasteiger partial charge in [-0.1, -0.05) is 18.5 Å². The minimum Gasteiger partial charge on any atom is -0.311 e. The average Bonchev–Trinajstić information content (AvgIpc) is 2.69. The van der Waals surface area contributed by atoms with Crippen LogP contribution in [0.2, 0.25) is 5.02 Å². The van der Waals surface area contributed by atoms with Gasteiger partial charge in [-0.3, -0.25) is 0 Å². The molecule has 0 saturated carbocycles. The zero-order valence-corrected chi connectivity index (χ0v) is 14.2. The number of nitrogens with zero attached hydrogens (tertiary/aromatic N) is 3. The molecule has 2 rings (SSSR count). The molecule has 20 heavy (non-hydrogen) atoms. The Balaban J connectivity index is 2.33. The first-order valence-electron chi connectivity index (χ1n) is 6.62. The summed E-state index contributed by atoms with van der Waals surface area (Å²) in [5, 5.41) is 8.49. The van der Waals surface area contributed by atoms with Crippen molar-refractivity contribution in [2.45, 2.75) is 33.7 Å². The van der Waals surface area contributed by atoms with Crippen LogP contribution in [0.15, 0.2) is 16.6 Å². The molecule has 108 valence electrons. The molecule has 2 aromatic rings. The highest BCUT2D eigenvalue weighted by Crippen LogP contribution is 2.23. The van der Waals surface area contributed by atoms with Crippen molar-refractivity contribution < 1.29 is 0 Å². The first-order valence-corrected chi connectivity index (χ1v) is 7.80. The third-order valence-corrected chi connectivity index (χ3v) is 4.53. The van der Waals surface area contributed by atoms with Crippen LogP contribution in [0.3, 0.4) is 0 Å². The van der Waals surface area contributed by atoms with E-state index in [2.05, 4.69) is 38.3 Å². The van der Waals surface area contributed by atoms with Gasteiger partial charge < -0.3 is 5.32 Å².